The minimum atomic E-state index is 0.165. The van der Waals surface area contributed by atoms with Crippen LogP contribution in [0.2, 0.25) is 5.28 Å². The molecule has 2 atom stereocenters. The molecule has 136 valence electrons. The number of halogens is 1. The SMILES string of the molecule is CCCC(C)Oc1ccc(C(CC)Nc2cc(CC)nc(Cl)n2)cc1. The predicted octanol–water partition coefficient (Wildman–Crippen LogP) is 5.82. The summed E-state index contributed by atoms with van der Waals surface area (Å²) in [4.78, 5) is 8.50. The Hall–Kier alpha value is -1.81. The highest BCUT2D eigenvalue weighted by atomic mass is 35.5. The molecule has 25 heavy (non-hydrogen) atoms. The summed E-state index contributed by atoms with van der Waals surface area (Å²) in [5, 5.41) is 3.75. The van der Waals surface area contributed by atoms with Gasteiger partial charge >= 0.3 is 0 Å². The Morgan fingerprint density at radius 2 is 1.84 bits per heavy atom. The van der Waals surface area contributed by atoms with Crippen LogP contribution in [0.3, 0.4) is 0 Å². The Morgan fingerprint density at radius 3 is 2.44 bits per heavy atom. The van der Waals surface area contributed by atoms with Gasteiger partial charge in [0.15, 0.2) is 0 Å². The first kappa shape index (κ1) is 19.5. The van der Waals surface area contributed by atoms with Crippen LogP contribution in [0.25, 0.3) is 0 Å². The maximum Gasteiger partial charge on any atom is 0.224 e. The first-order chi connectivity index (χ1) is 12.0. The second-order valence-corrected chi connectivity index (χ2v) is 6.60. The van der Waals surface area contributed by atoms with Crippen molar-refractivity contribution in [3.8, 4) is 5.75 Å². The van der Waals surface area contributed by atoms with Gasteiger partial charge in [0.1, 0.15) is 11.6 Å². The maximum atomic E-state index is 6.02. The third-order valence-electron chi connectivity index (χ3n) is 4.16. The molecule has 0 amide bonds. The molecule has 0 fully saturated rings. The van der Waals surface area contributed by atoms with Gasteiger partial charge in [-0.3, -0.25) is 0 Å². The number of aryl methyl sites for hydroxylation is 1. The fourth-order valence-corrected chi connectivity index (χ4v) is 3.00. The predicted molar refractivity (Wildman–Crippen MR) is 105 cm³/mol. The summed E-state index contributed by atoms with van der Waals surface area (Å²) in [5.74, 6) is 1.68. The van der Waals surface area contributed by atoms with Crippen molar-refractivity contribution < 1.29 is 4.74 Å². The van der Waals surface area contributed by atoms with Crippen LogP contribution in [0.1, 0.15) is 64.3 Å². The van der Waals surface area contributed by atoms with E-state index in [4.69, 9.17) is 16.3 Å². The summed E-state index contributed by atoms with van der Waals surface area (Å²) < 4.78 is 5.93. The van der Waals surface area contributed by atoms with Crippen LogP contribution >= 0.6 is 11.6 Å². The molecule has 0 aliphatic heterocycles. The topological polar surface area (TPSA) is 47.0 Å². The lowest BCUT2D eigenvalue weighted by molar-refractivity contribution is 0.210. The number of anilines is 1. The molecule has 0 aliphatic carbocycles. The summed E-state index contributed by atoms with van der Waals surface area (Å²) >= 11 is 6.02. The highest BCUT2D eigenvalue weighted by Crippen LogP contribution is 2.25. The summed E-state index contributed by atoms with van der Waals surface area (Å²) in [6.45, 7) is 8.48. The molecule has 1 aromatic heterocycles. The van der Waals surface area contributed by atoms with Gasteiger partial charge in [0, 0.05) is 11.8 Å². The normalized spacial score (nSPS) is 13.3. The van der Waals surface area contributed by atoms with E-state index in [1.54, 1.807) is 0 Å². The molecule has 0 aliphatic rings. The monoisotopic (exact) mass is 361 g/mol. The van der Waals surface area contributed by atoms with Crippen LogP contribution in [0, 0.1) is 0 Å². The number of ether oxygens (including phenoxy) is 1. The zero-order valence-electron chi connectivity index (χ0n) is 15.6. The maximum absolute atomic E-state index is 6.02. The van der Waals surface area contributed by atoms with Gasteiger partial charge in [-0.15, -0.1) is 0 Å². The van der Waals surface area contributed by atoms with E-state index in [9.17, 15) is 0 Å². The van der Waals surface area contributed by atoms with E-state index in [1.165, 1.54) is 5.56 Å². The number of rotatable bonds is 9. The fourth-order valence-electron chi connectivity index (χ4n) is 2.80. The molecule has 2 aromatic rings. The van der Waals surface area contributed by atoms with Crippen LogP contribution in [0.4, 0.5) is 5.82 Å². The minimum absolute atomic E-state index is 0.165. The van der Waals surface area contributed by atoms with E-state index < -0.39 is 0 Å². The molecule has 1 aromatic carbocycles. The Labute approximate surface area is 156 Å². The Kier molecular flexibility index (Phi) is 7.51. The fraction of sp³-hybridized carbons (Fsp3) is 0.500. The molecule has 2 unspecified atom stereocenters. The number of hydrogen-bond donors (Lipinski definition) is 1. The van der Waals surface area contributed by atoms with Crippen molar-refractivity contribution in [1.82, 2.24) is 9.97 Å². The van der Waals surface area contributed by atoms with Gasteiger partial charge in [-0.1, -0.05) is 39.3 Å². The van der Waals surface area contributed by atoms with Gasteiger partial charge in [0.25, 0.3) is 0 Å². The molecule has 2 rings (SSSR count). The first-order valence-electron chi connectivity index (χ1n) is 9.12. The van der Waals surface area contributed by atoms with Gasteiger partial charge in [-0.2, -0.15) is 0 Å². The van der Waals surface area contributed by atoms with Crippen LogP contribution in [-0.2, 0) is 6.42 Å². The average Bonchev–Trinajstić information content (AvgIpc) is 2.60. The van der Waals surface area contributed by atoms with Gasteiger partial charge in [-0.05, 0) is 55.5 Å². The van der Waals surface area contributed by atoms with Crippen molar-refractivity contribution in [2.75, 3.05) is 5.32 Å². The van der Waals surface area contributed by atoms with Gasteiger partial charge in [0.2, 0.25) is 5.28 Å². The van der Waals surface area contributed by atoms with Crippen molar-refractivity contribution in [3.05, 3.63) is 46.9 Å². The van der Waals surface area contributed by atoms with E-state index >= 15 is 0 Å². The summed E-state index contributed by atoms with van der Waals surface area (Å²) in [6.07, 6.45) is 4.20. The van der Waals surface area contributed by atoms with Gasteiger partial charge in [-0.25, -0.2) is 9.97 Å². The number of nitrogens with zero attached hydrogens (tertiary/aromatic N) is 2. The summed E-state index contributed by atoms with van der Waals surface area (Å²) in [5.41, 5.74) is 2.14. The highest BCUT2D eigenvalue weighted by molar-refractivity contribution is 6.28. The second-order valence-electron chi connectivity index (χ2n) is 6.26. The lowest BCUT2D eigenvalue weighted by Gasteiger charge is -2.19. The van der Waals surface area contributed by atoms with Crippen LogP contribution < -0.4 is 10.1 Å². The highest BCUT2D eigenvalue weighted by Gasteiger charge is 2.12. The Bertz CT molecular complexity index is 660. The quantitative estimate of drug-likeness (QED) is 0.571. The minimum Gasteiger partial charge on any atom is -0.491 e. The Morgan fingerprint density at radius 1 is 1.12 bits per heavy atom. The van der Waals surface area contributed by atoms with Crippen molar-refractivity contribution in [2.24, 2.45) is 0 Å². The third-order valence-corrected chi connectivity index (χ3v) is 4.33. The number of aromatic nitrogens is 2. The summed E-state index contributed by atoms with van der Waals surface area (Å²) in [6, 6.07) is 10.4. The summed E-state index contributed by atoms with van der Waals surface area (Å²) in [7, 11) is 0. The molecule has 0 bridgehead atoms. The molecule has 0 saturated carbocycles. The molecular weight excluding hydrogens is 334 g/mol. The second kappa shape index (κ2) is 9.62. The molecule has 4 nitrogen and oxygen atoms in total. The molecule has 0 radical (unpaired) electrons. The van der Waals surface area contributed by atoms with Crippen LogP contribution in [-0.4, -0.2) is 16.1 Å². The zero-order valence-corrected chi connectivity index (χ0v) is 16.3. The van der Waals surface area contributed by atoms with Crippen molar-refractivity contribution in [2.45, 2.75) is 65.5 Å². The standard InChI is InChI=1S/C20H28ClN3O/c1-5-8-14(4)25-17-11-9-15(10-12-17)18(7-3)23-19-13-16(6-2)22-20(21)24-19/h9-14,18H,5-8H2,1-4H3,(H,22,23,24). The zero-order chi connectivity index (χ0) is 18.2. The van der Waals surface area contributed by atoms with E-state index in [1.807, 2.05) is 18.2 Å². The van der Waals surface area contributed by atoms with E-state index in [0.29, 0.717) is 0 Å². The number of nitrogens with one attached hydrogen (secondary N) is 1. The number of hydrogen-bond acceptors (Lipinski definition) is 4. The molecule has 0 spiro atoms. The van der Waals surface area contributed by atoms with Crippen LogP contribution in [0.5, 0.6) is 5.75 Å². The average molecular weight is 362 g/mol. The van der Waals surface area contributed by atoms with Gasteiger partial charge < -0.3 is 10.1 Å². The largest absolute Gasteiger partial charge is 0.491 e. The number of benzene rings is 1. The Balaban J connectivity index is 2.08. The lowest BCUT2D eigenvalue weighted by Crippen LogP contribution is -2.13. The van der Waals surface area contributed by atoms with E-state index in [-0.39, 0.29) is 17.4 Å². The molecule has 5 heteroatoms. The smallest absolute Gasteiger partial charge is 0.224 e. The molecular formula is C20H28ClN3O. The lowest BCUT2D eigenvalue weighted by atomic mass is 10.0. The van der Waals surface area contributed by atoms with Crippen molar-refractivity contribution >= 4 is 17.4 Å². The first-order valence-corrected chi connectivity index (χ1v) is 9.50. The van der Waals surface area contributed by atoms with Crippen molar-refractivity contribution in [1.29, 1.82) is 0 Å². The molecule has 1 heterocycles. The van der Waals surface area contributed by atoms with Crippen molar-refractivity contribution in [3.63, 3.8) is 0 Å². The molecule has 1 N–H and O–H groups in total. The van der Waals surface area contributed by atoms with E-state index in [2.05, 4.69) is 55.1 Å². The van der Waals surface area contributed by atoms with Crippen LogP contribution in [0.15, 0.2) is 30.3 Å². The molecule has 0 saturated heterocycles. The van der Waals surface area contributed by atoms with E-state index in [0.717, 1.165) is 42.9 Å². The van der Waals surface area contributed by atoms with Gasteiger partial charge in [0.05, 0.1) is 12.1 Å². The third kappa shape index (κ3) is 5.89.